The molecule has 2 aliphatic rings. The number of hydrazine groups is 1. The molecule has 2 fully saturated rings. The molecule has 4 N–H and O–H groups in total. The molecule has 3 unspecified atom stereocenters. The Balaban J connectivity index is 1.74. The lowest BCUT2D eigenvalue weighted by atomic mass is 9.87. The lowest BCUT2D eigenvalue weighted by Gasteiger charge is -2.49. The third-order valence-corrected chi connectivity index (χ3v) is 5.98. The molecule has 2 heterocycles. The zero-order valence-corrected chi connectivity index (χ0v) is 17.0. The zero-order valence-electron chi connectivity index (χ0n) is 17.0. The Morgan fingerprint density at radius 2 is 1.85 bits per heavy atom. The maximum Gasteiger partial charge on any atom is 0.240 e. The Kier molecular flexibility index (Phi) is 5.65. The fraction of sp³-hybridized carbons (Fsp3) is 0.650. The van der Waals surface area contributed by atoms with E-state index in [0.717, 1.165) is 18.0 Å². The standard InChI is InChI=1S/C20H33N5O2/c1-13-17(14(2)23-22-13)18(21)19(26)24-10-11-25(20(3,4)12-24)15-8-6-7-9-16(15)27-5/h6-9,13-14,17-18,22-23H,10-12,21H2,1-5H3. The molecule has 0 saturated carbocycles. The van der Waals surface area contributed by atoms with Gasteiger partial charge in [-0.05, 0) is 39.8 Å². The first-order valence-corrected chi connectivity index (χ1v) is 9.72. The molecule has 0 aromatic heterocycles. The number of methoxy groups -OCH3 is 1. The van der Waals surface area contributed by atoms with E-state index < -0.39 is 6.04 Å². The van der Waals surface area contributed by atoms with Crippen molar-refractivity contribution in [1.82, 2.24) is 15.8 Å². The summed E-state index contributed by atoms with van der Waals surface area (Å²) < 4.78 is 5.54. The molecule has 2 aliphatic heterocycles. The van der Waals surface area contributed by atoms with E-state index in [0.29, 0.717) is 13.1 Å². The van der Waals surface area contributed by atoms with Gasteiger partial charge in [-0.3, -0.25) is 15.6 Å². The van der Waals surface area contributed by atoms with Crippen LogP contribution in [0, 0.1) is 5.92 Å². The van der Waals surface area contributed by atoms with Crippen molar-refractivity contribution in [3.8, 4) is 5.75 Å². The summed E-state index contributed by atoms with van der Waals surface area (Å²) in [6, 6.07) is 7.87. The van der Waals surface area contributed by atoms with Crippen LogP contribution in [-0.2, 0) is 4.79 Å². The Morgan fingerprint density at radius 3 is 2.44 bits per heavy atom. The molecule has 1 aromatic rings. The first-order chi connectivity index (χ1) is 12.8. The highest BCUT2D eigenvalue weighted by molar-refractivity contribution is 5.83. The second kappa shape index (κ2) is 7.66. The Hall–Kier alpha value is -1.83. The van der Waals surface area contributed by atoms with Gasteiger partial charge in [-0.15, -0.1) is 0 Å². The van der Waals surface area contributed by atoms with Crippen LogP contribution in [-0.4, -0.2) is 61.2 Å². The van der Waals surface area contributed by atoms with Crippen molar-refractivity contribution < 1.29 is 9.53 Å². The maximum atomic E-state index is 13.1. The molecule has 0 radical (unpaired) electrons. The number of para-hydroxylation sites is 2. The summed E-state index contributed by atoms with van der Waals surface area (Å²) in [7, 11) is 1.69. The number of nitrogens with zero attached hydrogens (tertiary/aromatic N) is 2. The molecule has 2 saturated heterocycles. The highest BCUT2D eigenvalue weighted by Crippen LogP contribution is 2.35. The van der Waals surface area contributed by atoms with Crippen molar-refractivity contribution in [2.24, 2.45) is 11.7 Å². The van der Waals surface area contributed by atoms with Gasteiger partial charge in [-0.25, -0.2) is 0 Å². The van der Waals surface area contributed by atoms with Crippen LogP contribution >= 0.6 is 0 Å². The summed E-state index contributed by atoms with van der Waals surface area (Å²) in [5, 5.41) is 0. The van der Waals surface area contributed by atoms with E-state index in [-0.39, 0.29) is 29.4 Å². The van der Waals surface area contributed by atoms with Gasteiger partial charge < -0.3 is 20.3 Å². The van der Waals surface area contributed by atoms with Gasteiger partial charge in [0.2, 0.25) is 5.91 Å². The number of hydrogen-bond donors (Lipinski definition) is 3. The molecular weight excluding hydrogens is 342 g/mol. The fourth-order valence-corrected chi connectivity index (χ4v) is 4.53. The number of nitrogens with one attached hydrogen (secondary N) is 2. The summed E-state index contributed by atoms with van der Waals surface area (Å²) in [6.45, 7) is 10.5. The number of carbonyl (C=O) groups excluding carboxylic acids is 1. The molecule has 0 spiro atoms. The van der Waals surface area contributed by atoms with Gasteiger partial charge in [-0.2, -0.15) is 0 Å². The van der Waals surface area contributed by atoms with Crippen LogP contribution in [0.15, 0.2) is 24.3 Å². The number of piperazine rings is 1. The SMILES string of the molecule is COc1ccccc1N1CCN(C(=O)C(N)C2C(C)NNC2C)CC1(C)C. The largest absolute Gasteiger partial charge is 0.495 e. The first kappa shape index (κ1) is 19.9. The topological polar surface area (TPSA) is 82.9 Å². The quantitative estimate of drug-likeness (QED) is 0.727. The molecule has 1 aromatic carbocycles. The van der Waals surface area contributed by atoms with E-state index in [4.69, 9.17) is 10.5 Å². The predicted octanol–water partition coefficient (Wildman–Crippen LogP) is 0.951. The minimum absolute atomic E-state index is 0.0388. The summed E-state index contributed by atoms with van der Waals surface area (Å²) in [5.41, 5.74) is 13.6. The van der Waals surface area contributed by atoms with Gasteiger partial charge in [0.1, 0.15) is 5.75 Å². The molecule has 27 heavy (non-hydrogen) atoms. The second-order valence-corrected chi connectivity index (χ2v) is 8.36. The summed E-state index contributed by atoms with van der Waals surface area (Å²) in [6.07, 6.45) is 0. The lowest BCUT2D eigenvalue weighted by molar-refractivity contribution is -0.135. The fourth-order valence-electron chi connectivity index (χ4n) is 4.53. The number of amides is 1. The lowest BCUT2D eigenvalue weighted by Crippen LogP contribution is -2.64. The van der Waals surface area contributed by atoms with Gasteiger partial charge in [0.15, 0.2) is 0 Å². The van der Waals surface area contributed by atoms with E-state index in [1.165, 1.54) is 0 Å². The average Bonchev–Trinajstić information content (AvgIpc) is 2.98. The van der Waals surface area contributed by atoms with Crippen molar-refractivity contribution in [3.05, 3.63) is 24.3 Å². The van der Waals surface area contributed by atoms with Crippen LogP contribution in [0.1, 0.15) is 27.7 Å². The van der Waals surface area contributed by atoms with E-state index in [1.54, 1.807) is 7.11 Å². The second-order valence-electron chi connectivity index (χ2n) is 8.36. The molecule has 7 nitrogen and oxygen atoms in total. The van der Waals surface area contributed by atoms with Crippen LogP contribution in [0.3, 0.4) is 0 Å². The number of hydrogen-bond acceptors (Lipinski definition) is 6. The molecule has 150 valence electrons. The van der Waals surface area contributed by atoms with Gasteiger partial charge in [0.05, 0.1) is 24.4 Å². The smallest absolute Gasteiger partial charge is 0.240 e. The average molecular weight is 376 g/mol. The van der Waals surface area contributed by atoms with Crippen molar-refractivity contribution in [3.63, 3.8) is 0 Å². The predicted molar refractivity (Wildman–Crippen MR) is 108 cm³/mol. The zero-order chi connectivity index (χ0) is 19.8. The van der Waals surface area contributed by atoms with Crippen LogP contribution in [0.25, 0.3) is 0 Å². The highest BCUT2D eigenvalue weighted by Gasteiger charge is 2.43. The highest BCUT2D eigenvalue weighted by atomic mass is 16.5. The van der Waals surface area contributed by atoms with Gasteiger partial charge >= 0.3 is 0 Å². The number of nitrogens with two attached hydrogens (primary N) is 1. The molecule has 3 atom stereocenters. The van der Waals surface area contributed by atoms with Crippen LogP contribution < -0.4 is 26.2 Å². The summed E-state index contributed by atoms with van der Waals surface area (Å²) in [5.74, 6) is 0.970. The molecule has 7 heteroatoms. The number of ether oxygens (including phenoxy) is 1. The van der Waals surface area contributed by atoms with Crippen molar-refractivity contribution in [1.29, 1.82) is 0 Å². The summed E-state index contributed by atoms with van der Waals surface area (Å²) in [4.78, 5) is 17.4. The van der Waals surface area contributed by atoms with E-state index in [9.17, 15) is 4.79 Å². The molecule has 3 rings (SSSR count). The minimum Gasteiger partial charge on any atom is -0.495 e. The maximum absolute atomic E-state index is 13.1. The summed E-state index contributed by atoms with van der Waals surface area (Å²) >= 11 is 0. The van der Waals surface area contributed by atoms with E-state index in [2.05, 4.69) is 49.5 Å². The molecular formula is C20H33N5O2. The third-order valence-electron chi connectivity index (χ3n) is 5.98. The van der Waals surface area contributed by atoms with Gasteiger partial charge in [-0.1, -0.05) is 12.1 Å². The number of anilines is 1. The molecule has 1 amide bonds. The Labute approximate surface area is 162 Å². The third kappa shape index (κ3) is 3.77. The Bertz CT molecular complexity index is 670. The van der Waals surface area contributed by atoms with E-state index >= 15 is 0 Å². The Morgan fingerprint density at radius 1 is 1.22 bits per heavy atom. The monoisotopic (exact) mass is 375 g/mol. The van der Waals surface area contributed by atoms with Crippen LogP contribution in [0.4, 0.5) is 5.69 Å². The number of carbonyl (C=O) groups is 1. The first-order valence-electron chi connectivity index (χ1n) is 9.72. The van der Waals surface area contributed by atoms with Gasteiger partial charge in [0.25, 0.3) is 0 Å². The van der Waals surface area contributed by atoms with Gasteiger partial charge in [0, 0.05) is 37.6 Å². The number of benzene rings is 1. The minimum atomic E-state index is -0.508. The van der Waals surface area contributed by atoms with Crippen LogP contribution in [0.5, 0.6) is 5.75 Å². The van der Waals surface area contributed by atoms with Crippen LogP contribution in [0.2, 0.25) is 0 Å². The van der Waals surface area contributed by atoms with Crippen molar-refractivity contribution in [2.75, 3.05) is 31.6 Å². The molecule has 0 bridgehead atoms. The van der Waals surface area contributed by atoms with Crippen molar-refractivity contribution in [2.45, 2.75) is 51.4 Å². The molecule has 0 aliphatic carbocycles. The normalized spacial score (nSPS) is 28.9. The van der Waals surface area contributed by atoms with E-state index in [1.807, 2.05) is 23.1 Å². The van der Waals surface area contributed by atoms with Crippen molar-refractivity contribution >= 4 is 11.6 Å². The number of rotatable bonds is 4.